The maximum Gasteiger partial charge on any atom is 0.326 e. The Bertz CT molecular complexity index is 1170. The minimum absolute atomic E-state index is 0.0299. The van der Waals surface area contributed by atoms with Crippen molar-refractivity contribution in [3.63, 3.8) is 0 Å². The van der Waals surface area contributed by atoms with Crippen LogP contribution in [0.1, 0.15) is 31.2 Å². The van der Waals surface area contributed by atoms with Gasteiger partial charge in [-0.3, -0.25) is 19.2 Å². The van der Waals surface area contributed by atoms with E-state index in [2.05, 4.69) is 15.6 Å². The highest BCUT2D eigenvalue weighted by atomic mass is 16.4. The number of amides is 4. The number of carboxylic acids is 1. The Balaban J connectivity index is 1.73. The maximum absolute atomic E-state index is 13.3. The van der Waals surface area contributed by atoms with Crippen LogP contribution in [-0.2, 0) is 30.4 Å². The van der Waals surface area contributed by atoms with Crippen LogP contribution in [0.4, 0.5) is 0 Å². The minimum atomic E-state index is -1.28. The summed E-state index contributed by atoms with van der Waals surface area (Å²) < 4.78 is 0. The van der Waals surface area contributed by atoms with Crippen LogP contribution in [0.2, 0.25) is 0 Å². The number of likely N-dealkylation sites (tertiary alicyclic amines) is 1. The third-order valence-electron chi connectivity index (χ3n) is 6.38. The van der Waals surface area contributed by atoms with Crippen molar-refractivity contribution in [3.05, 3.63) is 36.0 Å². The highest BCUT2D eigenvalue weighted by Gasteiger charge is 2.39. The zero-order valence-electron chi connectivity index (χ0n) is 20.2. The molecule has 0 aliphatic carbocycles. The molecule has 2 heterocycles. The first kappa shape index (κ1) is 27.6. The summed E-state index contributed by atoms with van der Waals surface area (Å²) in [4.78, 5) is 66.2. The summed E-state index contributed by atoms with van der Waals surface area (Å²) in [6.07, 6.45) is 2.17. The number of nitrogens with one attached hydrogen (secondary N) is 3. The van der Waals surface area contributed by atoms with Crippen molar-refractivity contribution in [2.75, 3.05) is 13.2 Å². The number of rotatable bonds is 12. The Hall–Kier alpha value is -3.97. The van der Waals surface area contributed by atoms with Crippen molar-refractivity contribution in [2.24, 2.45) is 11.5 Å². The van der Waals surface area contributed by atoms with E-state index < -0.39 is 60.4 Å². The molecule has 37 heavy (non-hydrogen) atoms. The summed E-state index contributed by atoms with van der Waals surface area (Å²) >= 11 is 0. The predicted octanol–water partition coefficient (Wildman–Crippen LogP) is -1.66. The second-order valence-electron chi connectivity index (χ2n) is 9.01. The lowest BCUT2D eigenvalue weighted by atomic mass is 10.0. The van der Waals surface area contributed by atoms with Gasteiger partial charge in [-0.1, -0.05) is 18.2 Å². The Kier molecular flexibility index (Phi) is 9.20. The Labute approximate surface area is 212 Å². The van der Waals surface area contributed by atoms with E-state index in [-0.39, 0.29) is 25.8 Å². The largest absolute Gasteiger partial charge is 0.480 e. The van der Waals surface area contributed by atoms with E-state index in [0.29, 0.717) is 12.8 Å². The first-order chi connectivity index (χ1) is 17.6. The van der Waals surface area contributed by atoms with Crippen LogP contribution in [0, 0.1) is 0 Å². The molecule has 0 bridgehead atoms. The fourth-order valence-electron chi connectivity index (χ4n) is 4.40. The van der Waals surface area contributed by atoms with E-state index in [1.165, 1.54) is 4.90 Å². The standard InChI is InChI=1S/C24H32N6O7/c25-15(12-31)21(33)28-17(7-8-20(26)32)23(35)30-9-3-6-19(30)22(34)29-18(24(36)37)10-13-11-27-16-5-2-1-4-14(13)16/h1-2,4-5,11,15,17-19,27,31H,3,6-10,12,25H2,(H2,26,32)(H,28,33)(H,29,34)(H,36,37). The van der Waals surface area contributed by atoms with Crippen LogP contribution in [0.25, 0.3) is 10.9 Å². The lowest BCUT2D eigenvalue weighted by Gasteiger charge is -2.29. The molecule has 1 saturated heterocycles. The van der Waals surface area contributed by atoms with Gasteiger partial charge < -0.3 is 42.2 Å². The lowest BCUT2D eigenvalue weighted by molar-refractivity contribution is -0.145. The number of benzene rings is 1. The highest BCUT2D eigenvalue weighted by molar-refractivity contribution is 5.95. The summed E-state index contributed by atoms with van der Waals surface area (Å²) in [6.45, 7) is -0.448. The number of aromatic amines is 1. The van der Waals surface area contributed by atoms with Gasteiger partial charge >= 0.3 is 5.97 Å². The number of H-pyrrole nitrogens is 1. The zero-order chi connectivity index (χ0) is 27.1. The van der Waals surface area contributed by atoms with Crippen LogP contribution in [0.5, 0.6) is 0 Å². The highest BCUT2D eigenvalue weighted by Crippen LogP contribution is 2.22. The number of hydrogen-bond acceptors (Lipinski definition) is 7. The van der Waals surface area contributed by atoms with E-state index in [1.54, 1.807) is 6.20 Å². The van der Waals surface area contributed by atoms with Gasteiger partial charge in [0.05, 0.1) is 6.61 Å². The van der Waals surface area contributed by atoms with E-state index >= 15 is 0 Å². The van der Waals surface area contributed by atoms with Gasteiger partial charge in [0, 0.05) is 36.5 Å². The van der Waals surface area contributed by atoms with Crippen molar-refractivity contribution in [1.29, 1.82) is 0 Å². The van der Waals surface area contributed by atoms with Crippen molar-refractivity contribution < 1.29 is 34.2 Å². The second kappa shape index (κ2) is 12.3. The first-order valence-corrected chi connectivity index (χ1v) is 12.0. The number of nitrogens with zero attached hydrogens (tertiary/aromatic N) is 1. The molecule has 4 atom stereocenters. The summed E-state index contributed by atoms with van der Waals surface area (Å²) in [5.74, 6) is -3.96. The van der Waals surface area contributed by atoms with Crippen LogP contribution in [0.15, 0.2) is 30.5 Å². The van der Waals surface area contributed by atoms with Gasteiger partial charge in [0.25, 0.3) is 0 Å². The number of aliphatic hydroxyl groups excluding tert-OH is 1. The quantitative estimate of drug-likeness (QED) is 0.173. The monoisotopic (exact) mass is 516 g/mol. The SMILES string of the molecule is NC(=O)CCC(NC(=O)C(N)CO)C(=O)N1CCCC1C(=O)NC(Cc1c[nH]c2ccccc12)C(=O)O. The summed E-state index contributed by atoms with van der Waals surface area (Å²) in [6, 6.07) is 2.71. The Morgan fingerprint density at radius 2 is 1.86 bits per heavy atom. The third-order valence-corrected chi connectivity index (χ3v) is 6.38. The molecule has 1 aromatic heterocycles. The molecule has 1 aliphatic heterocycles. The molecule has 9 N–H and O–H groups in total. The number of carboxylic acid groups (broad SMARTS) is 1. The number of fused-ring (bicyclic) bond motifs is 1. The Morgan fingerprint density at radius 1 is 1.14 bits per heavy atom. The van der Waals surface area contributed by atoms with Crippen LogP contribution in [-0.4, -0.2) is 87.0 Å². The average Bonchev–Trinajstić information content (AvgIpc) is 3.52. The summed E-state index contributed by atoms with van der Waals surface area (Å²) in [7, 11) is 0. The van der Waals surface area contributed by atoms with Gasteiger partial charge in [-0.2, -0.15) is 0 Å². The summed E-state index contributed by atoms with van der Waals surface area (Å²) in [5, 5.41) is 24.7. The second-order valence-corrected chi connectivity index (χ2v) is 9.01. The molecule has 4 amide bonds. The van der Waals surface area contributed by atoms with Crippen molar-refractivity contribution >= 4 is 40.5 Å². The molecule has 2 aromatic rings. The number of aliphatic hydroxyl groups is 1. The van der Waals surface area contributed by atoms with Crippen molar-refractivity contribution in [2.45, 2.75) is 56.3 Å². The normalized spacial score (nSPS) is 17.7. The summed E-state index contributed by atoms with van der Waals surface area (Å²) in [5.41, 5.74) is 12.3. The lowest BCUT2D eigenvalue weighted by Crippen LogP contribution is -2.57. The third kappa shape index (κ3) is 6.83. The van der Waals surface area contributed by atoms with Crippen LogP contribution in [0.3, 0.4) is 0 Å². The molecule has 13 nitrogen and oxygen atoms in total. The number of aliphatic carboxylic acids is 1. The molecule has 4 unspecified atom stereocenters. The number of hydrogen-bond donors (Lipinski definition) is 7. The molecule has 0 spiro atoms. The molecule has 3 rings (SSSR count). The molecule has 0 radical (unpaired) electrons. The fourth-order valence-corrected chi connectivity index (χ4v) is 4.40. The molecule has 0 saturated carbocycles. The van der Waals surface area contributed by atoms with E-state index in [4.69, 9.17) is 16.6 Å². The maximum atomic E-state index is 13.3. The fraction of sp³-hybridized carbons (Fsp3) is 0.458. The molecular formula is C24H32N6O7. The number of carbonyl (C=O) groups excluding carboxylic acids is 4. The first-order valence-electron chi connectivity index (χ1n) is 12.0. The number of carbonyl (C=O) groups is 5. The van der Waals surface area contributed by atoms with Crippen molar-refractivity contribution in [3.8, 4) is 0 Å². The molecule has 1 aliphatic rings. The minimum Gasteiger partial charge on any atom is -0.480 e. The smallest absolute Gasteiger partial charge is 0.326 e. The topological polar surface area (TPSA) is 221 Å². The predicted molar refractivity (Wildman–Crippen MR) is 132 cm³/mol. The number of aromatic nitrogens is 1. The van der Waals surface area contributed by atoms with Gasteiger partial charge in [0.15, 0.2) is 0 Å². The van der Waals surface area contributed by atoms with E-state index in [9.17, 15) is 29.1 Å². The van der Waals surface area contributed by atoms with Gasteiger partial charge in [0.2, 0.25) is 23.6 Å². The average molecular weight is 517 g/mol. The van der Waals surface area contributed by atoms with E-state index in [0.717, 1.165) is 16.5 Å². The van der Waals surface area contributed by atoms with Crippen LogP contribution >= 0.6 is 0 Å². The van der Waals surface area contributed by atoms with Gasteiger partial charge in [0.1, 0.15) is 24.2 Å². The molecule has 1 fully saturated rings. The van der Waals surface area contributed by atoms with Crippen LogP contribution < -0.4 is 22.1 Å². The van der Waals surface area contributed by atoms with Gasteiger partial charge in [-0.25, -0.2) is 4.79 Å². The van der Waals surface area contributed by atoms with Gasteiger partial charge in [-0.15, -0.1) is 0 Å². The number of nitrogens with two attached hydrogens (primary N) is 2. The zero-order valence-corrected chi connectivity index (χ0v) is 20.2. The molecule has 200 valence electrons. The number of para-hydroxylation sites is 1. The van der Waals surface area contributed by atoms with Crippen molar-refractivity contribution in [1.82, 2.24) is 20.5 Å². The number of primary amides is 1. The Morgan fingerprint density at radius 3 is 2.54 bits per heavy atom. The molecule has 1 aromatic carbocycles. The molecule has 13 heteroatoms. The van der Waals surface area contributed by atoms with Gasteiger partial charge in [-0.05, 0) is 30.9 Å². The molecular weight excluding hydrogens is 484 g/mol. The van der Waals surface area contributed by atoms with E-state index in [1.807, 2.05) is 24.3 Å².